The Hall–Kier alpha value is -4.32. The number of carboxylic acids is 2. The van der Waals surface area contributed by atoms with Gasteiger partial charge < -0.3 is 14.7 Å². The molecule has 42 heavy (non-hydrogen) atoms. The lowest BCUT2D eigenvalue weighted by atomic mass is 9.91. The normalized spacial score (nSPS) is 14.0. The number of fused-ring (bicyclic) bond motifs is 1. The SMILES string of the molecule is NS(=O)(=O)c1ccccc1.O=C(O)/C=C/C(=O)O.c1ccc(CN2CCC(CCc3noc4ccccc34)CC2)cc1. The molecule has 1 aliphatic heterocycles. The molecule has 0 unspecified atom stereocenters. The fourth-order valence-corrected chi connectivity index (χ4v) is 5.02. The van der Waals surface area contributed by atoms with Gasteiger partial charge in [0.15, 0.2) is 5.58 Å². The summed E-state index contributed by atoms with van der Waals surface area (Å²) < 4.78 is 26.6. The summed E-state index contributed by atoms with van der Waals surface area (Å²) in [5.74, 6) is -1.70. The molecule has 0 saturated carbocycles. The standard InChI is InChI=1S/C21H24N2O.C6H7NO2S.C4H4O4/c1-2-6-18(7-3-1)16-23-14-12-17(13-15-23)10-11-20-19-8-4-5-9-21(19)24-22-20;7-10(8,9)6-4-2-1-3-5-6;5-3(6)1-2-4(7)8/h1-9,17H,10-16H2;1-5H,(H2,7,8,9);1-2H,(H,5,6)(H,7,8)/b;;2-1+. The third-order valence-electron chi connectivity index (χ3n) is 6.64. The Labute approximate surface area is 245 Å². The summed E-state index contributed by atoms with van der Waals surface area (Å²) in [4.78, 5) is 21.8. The zero-order valence-electron chi connectivity index (χ0n) is 23.1. The molecule has 222 valence electrons. The molecule has 1 aliphatic rings. The van der Waals surface area contributed by atoms with E-state index in [0.29, 0.717) is 12.2 Å². The van der Waals surface area contributed by atoms with Crippen molar-refractivity contribution < 1.29 is 32.7 Å². The van der Waals surface area contributed by atoms with Crippen LogP contribution in [0.3, 0.4) is 0 Å². The third kappa shape index (κ3) is 11.3. The Bertz CT molecular complexity index is 1530. The molecule has 3 aromatic carbocycles. The van der Waals surface area contributed by atoms with Crippen LogP contribution in [0.15, 0.2) is 106 Å². The van der Waals surface area contributed by atoms with Crippen LogP contribution >= 0.6 is 0 Å². The highest BCUT2D eigenvalue weighted by atomic mass is 32.2. The number of aromatic nitrogens is 1. The highest BCUT2D eigenvalue weighted by molar-refractivity contribution is 7.89. The Balaban J connectivity index is 0.000000222. The fourth-order valence-electron chi connectivity index (χ4n) is 4.49. The van der Waals surface area contributed by atoms with Gasteiger partial charge in [0, 0.05) is 24.1 Å². The molecule has 1 aromatic heterocycles. The molecule has 0 aliphatic carbocycles. The summed E-state index contributed by atoms with van der Waals surface area (Å²) in [6.07, 6.45) is 5.95. The number of aliphatic carboxylic acids is 2. The average molecular weight is 594 g/mol. The molecule has 1 saturated heterocycles. The molecule has 11 heteroatoms. The molecule has 0 atom stereocenters. The molecule has 0 amide bonds. The number of nitrogens with zero attached hydrogens (tertiary/aromatic N) is 2. The molecule has 0 bridgehead atoms. The lowest BCUT2D eigenvalue weighted by molar-refractivity contribution is -0.134. The predicted octanol–water partition coefficient (Wildman–Crippen LogP) is 4.72. The molecule has 0 radical (unpaired) electrons. The molecule has 5 rings (SSSR count). The first-order chi connectivity index (χ1) is 20.1. The number of benzene rings is 3. The van der Waals surface area contributed by atoms with Crippen molar-refractivity contribution in [3.63, 3.8) is 0 Å². The summed E-state index contributed by atoms with van der Waals surface area (Å²) in [5.41, 5.74) is 3.45. The van der Waals surface area contributed by atoms with E-state index in [1.807, 2.05) is 12.1 Å². The number of hydrogen-bond acceptors (Lipinski definition) is 7. The van der Waals surface area contributed by atoms with E-state index in [1.54, 1.807) is 18.2 Å². The molecular formula is C31H35N3O7S. The number of nitrogens with two attached hydrogens (primary N) is 1. The van der Waals surface area contributed by atoms with Crippen LogP contribution in [0, 0.1) is 5.92 Å². The number of piperidine rings is 1. The second kappa shape index (κ2) is 16.2. The van der Waals surface area contributed by atoms with Crippen LogP contribution in [0.1, 0.15) is 30.5 Å². The summed E-state index contributed by atoms with van der Waals surface area (Å²) in [6, 6.07) is 26.8. The monoisotopic (exact) mass is 593 g/mol. The van der Waals surface area contributed by atoms with Gasteiger partial charge in [0.1, 0.15) is 0 Å². The van der Waals surface area contributed by atoms with E-state index >= 15 is 0 Å². The average Bonchev–Trinajstić information content (AvgIpc) is 3.40. The highest BCUT2D eigenvalue weighted by Crippen LogP contribution is 2.26. The van der Waals surface area contributed by atoms with Gasteiger partial charge in [0.2, 0.25) is 10.0 Å². The van der Waals surface area contributed by atoms with Crippen LogP contribution in [0.25, 0.3) is 11.0 Å². The Kier molecular flexibility index (Phi) is 12.4. The van der Waals surface area contributed by atoms with Crippen LogP contribution in [-0.2, 0) is 32.6 Å². The molecule has 1 fully saturated rings. The van der Waals surface area contributed by atoms with Crippen molar-refractivity contribution in [3.8, 4) is 0 Å². The number of likely N-dealkylation sites (tertiary alicyclic amines) is 1. The van der Waals surface area contributed by atoms with E-state index in [1.165, 1.54) is 55.4 Å². The summed E-state index contributed by atoms with van der Waals surface area (Å²) in [5, 5.41) is 25.9. The predicted molar refractivity (Wildman–Crippen MR) is 159 cm³/mol. The van der Waals surface area contributed by atoms with Gasteiger partial charge in [-0.3, -0.25) is 4.90 Å². The van der Waals surface area contributed by atoms with Crippen LogP contribution in [0.4, 0.5) is 0 Å². The second-order valence-electron chi connectivity index (χ2n) is 9.74. The molecule has 0 spiro atoms. The quantitative estimate of drug-likeness (QED) is 0.245. The number of para-hydroxylation sites is 1. The van der Waals surface area contributed by atoms with Crippen molar-refractivity contribution in [2.24, 2.45) is 11.1 Å². The maximum atomic E-state index is 10.6. The van der Waals surface area contributed by atoms with Gasteiger partial charge >= 0.3 is 11.9 Å². The minimum Gasteiger partial charge on any atom is -0.478 e. The zero-order valence-corrected chi connectivity index (χ0v) is 23.9. The first-order valence-corrected chi connectivity index (χ1v) is 15.0. The number of carboxylic acid groups (broad SMARTS) is 2. The minimum atomic E-state index is -3.50. The van der Waals surface area contributed by atoms with Crippen LogP contribution in [0.2, 0.25) is 0 Å². The van der Waals surface area contributed by atoms with E-state index in [-0.39, 0.29) is 4.90 Å². The molecular weight excluding hydrogens is 558 g/mol. The van der Waals surface area contributed by atoms with Crippen molar-refractivity contribution in [3.05, 3.63) is 108 Å². The van der Waals surface area contributed by atoms with Crippen molar-refractivity contribution in [2.75, 3.05) is 13.1 Å². The van der Waals surface area contributed by atoms with Crippen LogP contribution < -0.4 is 5.14 Å². The minimum absolute atomic E-state index is 0.148. The maximum Gasteiger partial charge on any atom is 0.328 e. The third-order valence-corrected chi connectivity index (χ3v) is 7.57. The number of carbonyl (C=O) groups is 2. The fraction of sp³-hybridized carbons (Fsp3) is 0.258. The molecule has 4 aromatic rings. The Morgan fingerprint density at radius 2 is 1.43 bits per heavy atom. The topological polar surface area (TPSA) is 164 Å². The lowest BCUT2D eigenvalue weighted by Gasteiger charge is -2.31. The first kappa shape index (κ1) is 32.2. The van der Waals surface area contributed by atoms with Crippen molar-refractivity contribution in [1.82, 2.24) is 10.1 Å². The summed E-state index contributed by atoms with van der Waals surface area (Å²) in [7, 11) is -3.50. The Morgan fingerprint density at radius 1 is 0.881 bits per heavy atom. The number of hydrogen-bond donors (Lipinski definition) is 3. The number of aryl methyl sites for hydroxylation is 1. The summed E-state index contributed by atoms with van der Waals surface area (Å²) in [6.45, 7) is 3.50. The molecule has 10 nitrogen and oxygen atoms in total. The van der Waals surface area contributed by atoms with Gasteiger partial charge in [-0.1, -0.05) is 65.8 Å². The van der Waals surface area contributed by atoms with E-state index < -0.39 is 22.0 Å². The van der Waals surface area contributed by atoms with Gasteiger partial charge in [0.05, 0.1) is 10.6 Å². The molecule has 2 heterocycles. The van der Waals surface area contributed by atoms with E-state index in [4.69, 9.17) is 19.9 Å². The van der Waals surface area contributed by atoms with Gasteiger partial charge in [-0.15, -0.1) is 0 Å². The number of sulfonamides is 1. The largest absolute Gasteiger partial charge is 0.478 e. The van der Waals surface area contributed by atoms with E-state index in [0.717, 1.165) is 30.2 Å². The lowest BCUT2D eigenvalue weighted by Crippen LogP contribution is -2.33. The van der Waals surface area contributed by atoms with Crippen molar-refractivity contribution in [1.29, 1.82) is 0 Å². The Morgan fingerprint density at radius 3 is 1.98 bits per heavy atom. The van der Waals surface area contributed by atoms with Crippen LogP contribution in [0.5, 0.6) is 0 Å². The van der Waals surface area contributed by atoms with Gasteiger partial charge in [-0.05, 0) is 74.5 Å². The van der Waals surface area contributed by atoms with Gasteiger partial charge in [-0.2, -0.15) is 0 Å². The van der Waals surface area contributed by atoms with Gasteiger partial charge in [0.25, 0.3) is 0 Å². The van der Waals surface area contributed by atoms with Crippen molar-refractivity contribution in [2.45, 2.75) is 37.1 Å². The number of primary sulfonamides is 1. The van der Waals surface area contributed by atoms with Crippen LogP contribution in [-0.4, -0.2) is 53.7 Å². The zero-order chi connectivity index (χ0) is 30.4. The summed E-state index contributed by atoms with van der Waals surface area (Å²) >= 11 is 0. The molecule has 4 N–H and O–H groups in total. The maximum absolute atomic E-state index is 10.6. The van der Waals surface area contributed by atoms with Gasteiger partial charge in [-0.25, -0.2) is 23.1 Å². The highest BCUT2D eigenvalue weighted by Gasteiger charge is 2.20. The van der Waals surface area contributed by atoms with Crippen molar-refractivity contribution >= 4 is 32.9 Å². The van der Waals surface area contributed by atoms with E-state index in [2.05, 4.69) is 52.5 Å². The number of rotatable bonds is 8. The van der Waals surface area contributed by atoms with E-state index in [9.17, 15) is 18.0 Å². The smallest absolute Gasteiger partial charge is 0.328 e. The second-order valence-corrected chi connectivity index (χ2v) is 11.3. The first-order valence-electron chi connectivity index (χ1n) is 13.4.